The average molecular weight is 328 g/mol. The molecule has 0 spiro atoms. The number of aromatic hydroxyl groups is 1. The molecule has 0 bridgehead atoms. The van der Waals surface area contributed by atoms with Crippen LogP contribution in [-0.2, 0) is 17.6 Å². The number of nitrogens with zero attached hydrogens (tertiary/aromatic N) is 1. The molecule has 0 fully saturated rings. The summed E-state index contributed by atoms with van der Waals surface area (Å²) in [5.41, 5.74) is 9.12. The van der Waals surface area contributed by atoms with Gasteiger partial charge in [0.15, 0.2) is 0 Å². The average Bonchev–Trinajstić information content (AvgIpc) is 2.56. The van der Waals surface area contributed by atoms with Crippen LogP contribution in [0.5, 0.6) is 5.75 Å². The molecule has 1 amide bonds. The van der Waals surface area contributed by atoms with Crippen LogP contribution in [0, 0.1) is 12.7 Å². The minimum atomic E-state index is -0.751. The molecule has 2 aromatic rings. The van der Waals surface area contributed by atoms with Gasteiger partial charge in [-0.1, -0.05) is 18.2 Å². The highest BCUT2D eigenvalue weighted by Gasteiger charge is 2.29. The Morgan fingerprint density at radius 3 is 2.92 bits per heavy atom. The highest BCUT2D eigenvalue weighted by molar-refractivity contribution is 5.98. The summed E-state index contributed by atoms with van der Waals surface area (Å²) >= 11 is 0. The number of hydrogen-bond donors (Lipinski definition) is 2. The summed E-state index contributed by atoms with van der Waals surface area (Å²) in [5, 5.41) is 9.48. The zero-order valence-electron chi connectivity index (χ0n) is 13.6. The summed E-state index contributed by atoms with van der Waals surface area (Å²) in [6.07, 6.45) is 1.92. The Kier molecular flexibility index (Phi) is 4.53. The molecule has 0 saturated carbocycles. The van der Waals surface area contributed by atoms with Gasteiger partial charge in [-0.05, 0) is 61.1 Å². The summed E-state index contributed by atoms with van der Waals surface area (Å²) in [7, 11) is 0. The van der Waals surface area contributed by atoms with Gasteiger partial charge in [0.05, 0.1) is 11.7 Å². The topological polar surface area (TPSA) is 66.6 Å². The Balaban J connectivity index is 1.82. The van der Waals surface area contributed by atoms with E-state index in [1.165, 1.54) is 11.0 Å². The van der Waals surface area contributed by atoms with E-state index in [0.717, 1.165) is 29.5 Å². The zero-order valence-corrected chi connectivity index (χ0v) is 13.6. The van der Waals surface area contributed by atoms with Crippen molar-refractivity contribution in [1.82, 2.24) is 0 Å². The second-order valence-corrected chi connectivity index (χ2v) is 6.26. The van der Waals surface area contributed by atoms with Gasteiger partial charge in [-0.3, -0.25) is 4.79 Å². The fraction of sp³-hybridized carbons (Fsp3) is 0.316. The van der Waals surface area contributed by atoms with E-state index in [9.17, 15) is 14.3 Å². The molecule has 24 heavy (non-hydrogen) atoms. The first-order chi connectivity index (χ1) is 11.5. The van der Waals surface area contributed by atoms with E-state index in [1.54, 1.807) is 24.3 Å². The van der Waals surface area contributed by atoms with Crippen molar-refractivity contribution in [1.29, 1.82) is 0 Å². The molecule has 0 aliphatic carbocycles. The second-order valence-electron chi connectivity index (χ2n) is 6.26. The molecular formula is C19H21FN2O2. The molecule has 0 saturated heterocycles. The molecule has 0 radical (unpaired) electrons. The minimum absolute atomic E-state index is 0.183. The van der Waals surface area contributed by atoms with E-state index in [1.807, 2.05) is 13.0 Å². The molecule has 1 aliphatic rings. The highest BCUT2D eigenvalue weighted by atomic mass is 19.1. The lowest BCUT2D eigenvalue weighted by Gasteiger charge is -2.31. The molecule has 3 N–H and O–H groups in total. The SMILES string of the molecule is Cc1cc(O)ccc1C[C@@H](N)C(=O)N1CCCc2cccc(F)c21. The number of aryl methyl sites for hydroxylation is 2. The summed E-state index contributed by atoms with van der Waals surface area (Å²) in [6, 6.07) is 9.13. The van der Waals surface area contributed by atoms with Crippen molar-refractivity contribution < 1.29 is 14.3 Å². The minimum Gasteiger partial charge on any atom is -0.508 e. The van der Waals surface area contributed by atoms with Crippen molar-refractivity contribution in [3.8, 4) is 5.75 Å². The van der Waals surface area contributed by atoms with Crippen LogP contribution in [-0.4, -0.2) is 23.6 Å². The van der Waals surface area contributed by atoms with Crippen molar-refractivity contribution in [2.75, 3.05) is 11.4 Å². The predicted molar refractivity (Wildman–Crippen MR) is 91.6 cm³/mol. The van der Waals surface area contributed by atoms with Gasteiger partial charge in [0.25, 0.3) is 0 Å². The number of halogens is 1. The maximum absolute atomic E-state index is 14.2. The first-order valence-electron chi connectivity index (χ1n) is 8.10. The maximum Gasteiger partial charge on any atom is 0.244 e. The quantitative estimate of drug-likeness (QED) is 0.910. The normalized spacial score (nSPS) is 15.0. The van der Waals surface area contributed by atoms with Crippen molar-refractivity contribution >= 4 is 11.6 Å². The smallest absolute Gasteiger partial charge is 0.244 e. The zero-order chi connectivity index (χ0) is 17.3. The number of nitrogens with two attached hydrogens (primary N) is 1. The number of carbonyl (C=O) groups excluding carboxylic acids is 1. The molecule has 1 atom stereocenters. The first-order valence-corrected chi connectivity index (χ1v) is 8.10. The number of anilines is 1. The Hall–Kier alpha value is -2.40. The van der Waals surface area contributed by atoms with Crippen LogP contribution in [0.3, 0.4) is 0 Å². The van der Waals surface area contributed by atoms with Gasteiger partial charge in [0.2, 0.25) is 5.91 Å². The van der Waals surface area contributed by atoms with Crippen molar-refractivity contribution in [3.05, 3.63) is 58.9 Å². The lowest BCUT2D eigenvalue weighted by atomic mass is 9.97. The second kappa shape index (κ2) is 6.61. The predicted octanol–water partition coefficient (Wildman–Crippen LogP) is 2.69. The third-order valence-corrected chi connectivity index (χ3v) is 4.52. The Bertz CT molecular complexity index is 776. The van der Waals surface area contributed by atoms with Crippen LogP contribution < -0.4 is 10.6 Å². The van der Waals surface area contributed by atoms with Gasteiger partial charge >= 0.3 is 0 Å². The largest absolute Gasteiger partial charge is 0.508 e. The van der Waals surface area contributed by atoms with Crippen LogP contribution in [0.15, 0.2) is 36.4 Å². The van der Waals surface area contributed by atoms with Gasteiger partial charge < -0.3 is 15.7 Å². The van der Waals surface area contributed by atoms with Gasteiger partial charge in [-0.15, -0.1) is 0 Å². The Morgan fingerprint density at radius 1 is 1.38 bits per heavy atom. The highest BCUT2D eigenvalue weighted by Crippen LogP contribution is 2.30. The van der Waals surface area contributed by atoms with Gasteiger partial charge in [0, 0.05) is 6.54 Å². The number of fused-ring (bicyclic) bond motifs is 1. The number of hydrogen-bond acceptors (Lipinski definition) is 3. The van der Waals surface area contributed by atoms with Crippen LogP contribution in [0.4, 0.5) is 10.1 Å². The monoisotopic (exact) mass is 328 g/mol. The summed E-state index contributed by atoms with van der Waals surface area (Å²) < 4.78 is 14.2. The molecule has 1 heterocycles. The van der Waals surface area contributed by atoms with Crippen molar-refractivity contribution in [2.45, 2.75) is 32.2 Å². The van der Waals surface area contributed by atoms with E-state index >= 15 is 0 Å². The van der Waals surface area contributed by atoms with Gasteiger partial charge in [0.1, 0.15) is 11.6 Å². The third-order valence-electron chi connectivity index (χ3n) is 4.52. The van der Waals surface area contributed by atoms with E-state index in [4.69, 9.17) is 5.73 Å². The summed E-state index contributed by atoms with van der Waals surface area (Å²) in [6.45, 7) is 2.34. The molecule has 0 unspecified atom stereocenters. The molecule has 126 valence electrons. The standard InChI is InChI=1S/C19H21FN2O2/c1-12-10-15(23)8-7-14(12)11-17(21)19(24)22-9-3-5-13-4-2-6-16(20)18(13)22/h2,4,6-8,10,17,23H,3,5,9,11,21H2,1H3/t17-/m1/s1. The number of phenols is 1. The fourth-order valence-electron chi connectivity index (χ4n) is 3.26. The van der Waals surface area contributed by atoms with E-state index in [0.29, 0.717) is 18.7 Å². The van der Waals surface area contributed by atoms with Gasteiger partial charge in [-0.2, -0.15) is 0 Å². The molecule has 4 nitrogen and oxygen atoms in total. The van der Waals surface area contributed by atoms with Crippen LogP contribution in [0.2, 0.25) is 0 Å². The number of rotatable bonds is 3. The lowest BCUT2D eigenvalue weighted by molar-refractivity contribution is -0.119. The first kappa shape index (κ1) is 16.5. The lowest BCUT2D eigenvalue weighted by Crippen LogP contribution is -2.47. The van der Waals surface area contributed by atoms with E-state index < -0.39 is 6.04 Å². The van der Waals surface area contributed by atoms with Crippen molar-refractivity contribution in [2.24, 2.45) is 5.73 Å². The number of amides is 1. The molecular weight excluding hydrogens is 307 g/mol. The molecule has 2 aromatic carbocycles. The fourth-order valence-corrected chi connectivity index (χ4v) is 3.26. The molecule has 1 aliphatic heterocycles. The Morgan fingerprint density at radius 2 is 2.17 bits per heavy atom. The number of para-hydroxylation sites is 1. The van der Waals surface area contributed by atoms with Gasteiger partial charge in [-0.25, -0.2) is 4.39 Å². The maximum atomic E-state index is 14.2. The van der Waals surface area contributed by atoms with Crippen LogP contribution in [0.1, 0.15) is 23.1 Å². The molecule has 3 rings (SSSR count). The van der Waals surface area contributed by atoms with E-state index in [2.05, 4.69) is 0 Å². The van der Waals surface area contributed by atoms with E-state index in [-0.39, 0.29) is 17.5 Å². The third kappa shape index (κ3) is 3.12. The number of phenolic OH excluding ortho intramolecular Hbond substituents is 1. The number of carbonyl (C=O) groups is 1. The molecule has 0 aromatic heterocycles. The summed E-state index contributed by atoms with van der Waals surface area (Å²) in [4.78, 5) is 14.3. The van der Waals surface area contributed by atoms with Crippen LogP contribution >= 0.6 is 0 Å². The Labute approximate surface area is 140 Å². The molecule has 5 heteroatoms. The summed E-state index contributed by atoms with van der Waals surface area (Å²) in [5.74, 6) is -0.467. The van der Waals surface area contributed by atoms with Crippen molar-refractivity contribution in [3.63, 3.8) is 0 Å². The number of benzene rings is 2. The van der Waals surface area contributed by atoms with Crippen LogP contribution in [0.25, 0.3) is 0 Å².